The highest BCUT2D eigenvalue weighted by Gasteiger charge is 2.10. The van der Waals surface area contributed by atoms with Gasteiger partial charge in [0.15, 0.2) is 0 Å². The second-order valence-electron chi connectivity index (χ2n) is 3.90. The fourth-order valence-corrected chi connectivity index (χ4v) is 2.29. The number of halogens is 1. The van der Waals surface area contributed by atoms with Gasteiger partial charge in [0.2, 0.25) is 0 Å². The normalized spacial score (nSPS) is 10.3. The summed E-state index contributed by atoms with van der Waals surface area (Å²) in [5.74, 6) is 0.0414. The molecule has 2 aromatic carbocycles. The first-order chi connectivity index (χ1) is 9.15. The van der Waals surface area contributed by atoms with E-state index in [4.69, 9.17) is 10.5 Å². The van der Waals surface area contributed by atoms with Gasteiger partial charge in [0.1, 0.15) is 11.6 Å². The minimum absolute atomic E-state index is 0.281. The maximum Gasteiger partial charge on any atom is 0.148 e. The van der Waals surface area contributed by atoms with E-state index in [1.807, 2.05) is 30.5 Å². The highest BCUT2D eigenvalue weighted by atomic mass is 32.2. The van der Waals surface area contributed by atoms with Crippen molar-refractivity contribution in [2.24, 2.45) is 0 Å². The van der Waals surface area contributed by atoms with Gasteiger partial charge in [0.25, 0.3) is 0 Å². The first-order valence-corrected chi connectivity index (χ1v) is 6.91. The van der Waals surface area contributed by atoms with Gasteiger partial charge in [-0.3, -0.25) is 0 Å². The molecule has 5 heteroatoms. The number of benzene rings is 2. The number of thioether (sulfide) groups is 1. The zero-order chi connectivity index (χ0) is 13.8. The molecule has 3 nitrogen and oxygen atoms in total. The molecule has 0 aromatic heterocycles. The van der Waals surface area contributed by atoms with Crippen molar-refractivity contribution in [2.45, 2.75) is 4.90 Å². The summed E-state index contributed by atoms with van der Waals surface area (Å²) in [6.45, 7) is 0. The van der Waals surface area contributed by atoms with Gasteiger partial charge in [-0.05, 0) is 18.4 Å². The van der Waals surface area contributed by atoms with Crippen molar-refractivity contribution in [1.82, 2.24) is 0 Å². The van der Waals surface area contributed by atoms with Crippen molar-refractivity contribution < 1.29 is 9.13 Å². The molecule has 0 aliphatic rings. The summed E-state index contributed by atoms with van der Waals surface area (Å²) in [5.41, 5.74) is 7.12. The standard InChI is InChI=1S/C14H15FN2OS/c1-18-13-8-12(9(15)7-10(13)16)17-11-5-3-4-6-14(11)19-2/h3-8,17H,16H2,1-2H3. The summed E-state index contributed by atoms with van der Waals surface area (Å²) in [6, 6.07) is 10.5. The molecule has 0 bridgehead atoms. The van der Waals surface area contributed by atoms with Crippen LogP contribution in [-0.4, -0.2) is 13.4 Å². The lowest BCUT2D eigenvalue weighted by Gasteiger charge is -2.13. The summed E-state index contributed by atoms with van der Waals surface area (Å²) in [7, 11) is 1.50. The molecule has 2 aromatic rings. The second kappa shape index (κ2) is 5.84. The second-order valence-corrected chi connectivity index (χ2v) is 4.75. The van der Waals surface area contributed by atoms with Gasteiger partial charge >= 0.3 is 0 Å². The van der Waals surface area contributed by atoms with Gasteiger partial charge in [-0.25, -0.2) is 4.39 Å². The van der Waals surface area contributed by atoms with Crippen LogP contribution in [0.3, 0.4) is 0 Å². The Labute approximate surface area is 116 Å². The molecule has 2 rings (SSSR count). The largest absolute Gasteiger partial charge is 0.495 e. The first-order valence-electron chi connectivity index (χ1n) is 5.68. The molecule has 100 valence electrons. The molecule has 0 amide bonds. The van der Waals surface area contributed by atoms with E-state index in [9.17, 15) is 4.39 Å². The predicted molar refractivity (Wildman–Crippen MR) is 78.9 cm³/mol. The van der Waals surface area contributed by atoms with Crippen molar-refractivity contribution in [3.8, 4) is 5.75 Å². The number of nitrogen functional groups attached to an aromatic ring is 1. The summed E-state index contributed by atoms with van der Waals surface area (Å²) in [6.07, 6.45) is 1.97. The van der Waals surface area contributed by atoms with E-state index in [2.05, 4.69) is 5.32 Å². The Balaban J connectivity index is 2.38. The van der Waals surface area contributed by atoms with Crippen LogP contribution < -0.4 is 15.8 Å². The Bertz CT molecular complexity index is 590. The number of hydrogen-bond acceptors (Lipinski definition) is 4. The third-order valence-electron chi connectivity index (χ3n) is 2.70. The Morgan fingerprint density at radius 3 is 2.63 bits per heavy atom. The molecule has 0 atom stereocenters. The Morgan fingerprint density at radius 2 is 1.95 bits per heavy atom. The van der Waals surface area contributed by atoms with Crippen LogP contribution in [0.25, 0.3) is 0 Å². The summed E-state index contributed by atoms with van der Waals surface area (Å²) in [5, 5.41) is 3.06. The van der Waals surface area contributed by atoms with Crippen LogP contribution in [-0.2, 0) is 0 Å². The first kappa shape index (κ1) is 13.5. The molecule has 0 aliphatic carbocycles. The zero-order valence-corrected chi connectivity index (χ0v) is 11.6. The third-order valence-corrected chi connectivity index (χ3v) is 3.49. The topological polar surface area (TPSA) is 47.3 Å². The van der Waals surface area contributed by atoms with Crippen molar-refractivity contribution in [3.63, 3.8) is 0 Å². The highest BCUT2D eigenvalue weighted by Crippen LogP contribution is 2.33. The van der Waals surface area contributed by atoms with Crippen LogP contribution in [0.1, 0.15) is 0 Å². The number of ether oxygens (including phenoxy) is 1. The Hall–Kier alpha value is -1.88. The van der Waals surface area contributed by atoms with Crippen LogP contribution in [0, 0.1) is 5.82 Å². The molecular weight excluding hydrogens is 263 g/mol. The number of rotatable bonds is 4. The van der Waals surface area contributed by atoms with Crippen LogP contribution in [0.2, 0.25) is 0 Å². The lowest BCUT2D eigenvalue weighted by molar-refractivity contribution is 0.416. The molecule has 3 N–H and O–H groups in total. The summed E-state index contributed by atoms with van der Waals surface area (Å²) in [4.78, 5) is 1.04. The highest BCUT2D eigenvalue weighted by molar-refractivity contribution is 7.98. The smallest absolute Gasteiger partial charge is 0.148 e. The number of hydrogen-bond donors (Lipinski definition) is 2. The number of nitrogens with one attached hydrogen (secondary N) is 1. The number of para-hydroxylation sites is 1. The van der Waals surface area contributed by atoms with Gasteiger partial charge in [-0.15, -0.1) is 11.8 Å². The van der Waals surface area contributed by atoms with E-state index in [1.54, 1.807) is 17.8 Å². The van der Waals surface area contributed by atoms with Gasteiger partial charge < -0.3 is 15.8 Å². The van der Waals surface area contributed by atoms with E-state index < -0.39 is 5.82 Å². The SMILES string of the molecule is COc1cc(Nc2ccccc2SC)c(F)cc1N. The van der Waals surface area contributed by atoms with Crippen molar-refractivity contribution in [3.05, 3.63) is 42.2 Å². The van der Waals surface area contributed by atoms with E-state index in [1.165, 1.54) is 13.2 Å². The van der Waals surface area contributed by atoms with Gasteiger partial charge in [0.05, 0.1) is 24.2 Å². The molecule has 0 spiro atoms. The van der Waals surface area contributed by atoms with E-state index in [0.717, 1.165) is 10.6 Å². The maximum absolute atomic E-state index is 13.9. The van der Waals surface area contributed by atoms with Crippen molar-refractivity contribution in [1.29, 1.82) is 0 Å². The average molecular weight is 278 g/mol. The van der Waals surface area contributed by atoms with E-state index >= 15 is 0 Å². The van der Waals surface area contributed by atoms with E-state index in [0.29, 0.717) is 11.4 Å². The fourth-order valence-electron chi connectivity index (χ4n) is 1.73. The van der Waals surface area contributed by atoms with E-state index in [-0.39, 0.29) is 5.69 Å². The average Bonchev–Trinajstić information content (AvgIpc) is 2.42. The number of anilines is 3. The molecule has 0 aliphatic heterocycles. The zero-order valence-electron chi connectivity index (χ0n) is 10.7. The van der Waals surface area contributed by atoms with Crippen LogP contribution in [0.4, 0.5) is 21.5 Å². The van der Waals surface area contributed by atoms with Crippen molar-refractivity contribution >= 4 is 28.8 Å². The molecule has 0 unspecified atom stereocenters. The van der Waals surface area contributed by atoms with Gasteiger partial charge in [0, 0.05) is 17.0 Å². The van der Waals surface area contributed by atoms with Gasteiger partial charge in [-0.1, -0.05) is 12.1 Å². The van der Waals surface area contributed by atoms with Crippen LogP contribution in [0.5, 0.6) is 5.75 Å². The maximum atomic E-state index is 13.9. The number of methoxy groups -OCH3 is 1. The Morgan fingerprint density at radius 1 is 1.21 bits per heavy atom. The molecule has 0 saturated carbocycles. The minimum atomic E-state index is -0.408. The van der Waals surface area contributed by atoms with Crippen LogP contribution in [0.15, 0.2) is 41.3 Å². The Kier molecular flexibility index (Phi) is 4.16. The van der Waals surface area contributed by atoms with Gasteiger partial charge in [-0.2, -0.15) is 0 Å². The summed E-state index contributed by atoms with van der Waals surface area (Å²) < 4.78 is 19.0. The van der Waals surface area contributed by atoms with Crippen molar-refractivity contribution in [2.75, 3.05) is 24.4 Å². The monoisotopic (exact) mass is 278 g/mol. The fraction of sp³-hybridized carbons (Fsp3) is 0.143. The molecule has 0 radical (unpaired) electrons. The predicted octanol–water partition coefficient (Wildman–Crippen LogP) is 3.88. The molecule has 0 heterocycles. The summed E-state index contributed by atoms with van der Waals surface area (Å²) >= 11 is 1.59. The van der Waals surface area contributed by atoms with Crippen LogP contribution >= 0.6 is 11.8 Å². The quantitative estimate of drug-likeness (QED) is 0.658. The minimum Gasteiger partial charge on any atom is -0.495 e. The molecule has 0 fully saturated rings. The number of nitrogens with two attached hydrogens (primary N) is 1. The lowest BCUT2D eigenvalue weighted by atomic mass is 10.2. The molecular formula is C14H15FN2OS. The molecule has 0 saturated heterocycles. The third kappa shape index (κ3) is 2.93. The lowest BCUT2D eigenvalue weighted by Crippen LogP contribution is -1.99. The molecule has 19 heavy (non-hydrogen) atoms.